The normalized spacial score (nSPS) is 11.0. The molecule has 0 saturated heterocycles. The molecule has 1 aromatic carbocycles. The average molecular weight is 438 g/mol. The largest absolute Gasteiger partial charge is 0.488 e. The quantitative estimate of drug-likeness (QED) is 0.474. The molecule has 8 nitrogen and oxygen atoms in total. The summed E-state index contributed by atoms with van der Waals surface area (Å²) in [6, 6.07) is 6.00. The molecule has 31 heavy (non-hydrogen) atoms. The highest BCUT2D eigenvalue weighted by Crippen LogP contribution is 2.28. The summed E-state index contributed by atoms with van der Waals surface area (Å²) in [5.74, 6) is 0.921. The molecule has 1 N–H and O–H groups in total. The van der Waals surface area contributed by atoms with Gasteiger partial charge in [0.15, 0.2) is 10.8 Å². The summed E-state index contributed by atoms with van der Waals surface area (Å²) in [6.45, 7) is 7.90. The number of anilines is 1. The van der Waals surface area contributed by atoms with Gasteiger partial charge in [0.05, 0.1) is 17.5 Å². The van der Waals surface area contributed by atoms with Gasteiger partial charge < -0.3 is 9.26 Å². The number of ether oxygens (including phenoxy) is 1. The van der Waals surface area contributed by atoms with Gasteiger partial charge >= 0.3 is 0 Å². The Morgan fingerprint density at radius 1 is 1.26 bits per heavy atom. The minimum atomic E-state index is -0.389. The molecule has 1 amide bonds. The molecular weight excluding hydrogens is 414 g/mol. The lowest BCUT2D eigenvalue weighted by atomic mass is 10.1. The van der Waals surface area contributed by atoms with Crippen LogP contribution in [0.15, 0.2) is 34.3 Å². The first kappa shape index (κ1) is 20.8. The van der Waals surface area contributed by atoms with Crippen LogP contribution >= 0.6 is 11.3 Å². The second-order valence-electron chi connectivity index (χ2n) is 7.38. The summed E-state index contributed by atoms with van der Waals surface area (Å²) in [7, 11) is 1.88. The molecule has 0 atom stereocenters. The van der Waals surface area contributed by atoms with E-state index in [1.807, 2.05) is 51.4 Å². The molecule has 0 aliphatic rings. The van der Waals surface area contributed by atoms with Crippen molar-refractivity contribution in [3.63, 3.8) is 0 Å². The summed E-state index contributed by atoms with van der Waals surface area (Å²) < 4.78 is 13.0. The zero-order valence-corrected chi connectivity index (χ0v) is 18.8. The monoisotopic (exact) mass is 437 g/mol. The van der Waals surface area contributed by atoms with Gasteiger partial charge in [-0.3, -0.25) is 14.8 Å². The van der Waals surface area contributed by atoms with E-state index in [9.17, 15) is 4.79 Å². The number of aryl methyl sites for hydroxylation is 4. The van der Waals surface area contributed by atoms with Crippen LogP contribution < -0.4 is 10.1 Å². The predicted molar refractivity (Wildman–Crippen MR) is 118 cm³/mol. The van der Waals surface area contributed by atoms with Gasteiger partial charge in [-0.2, -0.15) is 5.10 Å². The van der Waals surface area contributed by atoms with E-state index in [2.05, 4.69) is 20.6 Å². The molecule has 9 heteroatoms. The summed E-state index contributed by atoms with van der Waals surface area (Å²) >= 11 is 1.34. The minimum absolute atomic E-state index is 0.181. The van der Waals surface area contributed by atoms with Crippen LogP contribution in [0.25, 0.3) is 11.3 Å². The number of rotatable bonds is 6. The van der Waals surface area contributed by atoms with Gasteiger partial charge in [-0.05, 0) is 44.9 Å². The Labute approximate surface area is 183 Å². The number of carbonyl (C=O) groups excluding carboxylic acids is 1. The SMILES string of the molecule is Cc1ccc(C)c(OCc2c(C(=O)Nc3nc(-c4cnn(C)c4C)cs3)noc2C)c1. The molecule has 160 valence electrons. The number of hydrogen-bond acceptors (Lipinski definition) is 7. The van der Waals surface area contributed by atoms with Gasteiger partial charge in [0, 0.05) is 23.7 Å². The lowest BCUT2D eigenvalue weighted by molar-refractivity contribution is 0.101. The minimum Gasteiger partial charge on any atom is -0.488 e. The van der Waals surface area contributed by atoms with Crippen LogP contribution in [0, 0.1) is 27.7 Å². The Morgan fingerprint density at radius 3 is 2.81 bits per heavy atom. The van der Waals surface area contributed by atoms with Crippen molar-refractivity contribution in [3.8, 4) is 17.0 Å². The van der Waals surface area contributed by atoms with E-state index in [1.165, 1.54) is 11.3 Å². The van der Waals surface area contributed by atoms with Crippen LogP contribution in [-0.2, 0) is 13.7 Å². The van der Waals surface area contributed by atoms with Crippen molar-refractivity contribution in [1.29, 1.82) is 0 Å². The second kappa shape index (κ2) is 8.35. The Bertz CT molecular complexity index is 1250. The molecular formula is C22H23N5O3S. The molecule has 0 aliphatic heterocycles. The van der Waals surface area contributed by atoms with Gasteiger partial charge in [-0.15, -0.1) is 11.3 Å². The maximum absolute atomic E-state index is 12.9. The standard InChI is InChI=1S/C22H23N5O3S/c1-12-6-7-13(2)19(8-12)29-10-17-15(4)30-26-20(17)21(28)25-22-24-18(11-31-22)16-9-23-27(5)14(16)3/h6-9,11H,10H2,1-5H3,(H,24,25,28). The van der Waals surface area contributed by atoms with Gasteiger partial charge in [0.1, 0.15) is 18.1 Å². The zero-order valence-electron chi connectivity index (χ0n) is 18.0. The van der Waals surface area contributed by atoms with Crippen molar-refractivity contribution in [2.24, 2.45) is 7.05 Å². The van der Waals surface area contributed by atoms with E-state index in [-0.39, 0.29) is 18.2 Å². The second-order valence-corrected chi connectivity index (χ2v) is 8.24. The Balaban J connectivity index is 1.50. The lowest BCUT2D eigenvalue weighted by Gasteiger charge is -2.10. The zero-order chi connectivity index (χ0) is 22.1. The summed E-state index contributed by atoms with van der Waals surface area (Å²) in [4.78, 5) is 17.4. The molecule has 0 bridgehead atoms. The van der Waals surface area contributed by atoms with Crippen LogP contribution in [0.1, 0.15) is 38.6 Å². The van der Waals surface area contributed by atoms with Crippen molar-refractivity contribution in [3.05, 3.63) is 63.6 Å². The molecule has 3 heterocycles. The van der Waals surface area contributed by atoms with Crippen LogP contribution in [0.5, 0.6) is 5.75 Å². The van der Waals surface area contributed by atoms with Crippen LogP contribution in [0.4, 0.5) is 5.13 Å². The number of benzene rings is 1. The number of aromatic nitrogens is 4. The fourth-order valence-electron chi connectivity index (χ4n) is 3.11. The predicted octanol–water partition coefficient (Wildman–Crippen LogP) is 4.60. The molecule has 0 spiro atoms. The number of thiazole rings is 1. The molecule has 4 aromatic rings. The van der Waals surface area contributed by atoms with E-state index in [1.54, 1.807) is 17.8 Å². The van der Waals surface area contributed by atoms with Crippen LogP contribution in [0.3, 0.4) is 0 Å². The maximum atomic E-state index is 12.9. The van der Waals surface area contributed by atoms with Gasteiger partial charge in [-0.25, -0.2) is 4.98 Å². The third kappa shape index (κ3) is 4.22. The first-order valence-electron chi connectivity index (χ1n) is 9.74. The van der Waals surface area contributed by atoms with Crippen molar-refractivity contribution < 1.29 is 14.1 Å². The molecule has 0 fully saturated rings. The number of amides is 1. The summed E-state index contributed by atoms with van der Waals surface area (Å²) in [5.41, 5.74) is 5.62. The van der Waals surface area contributed by atoms with E-state index in [0.29, 0.717) is 16.5 Å². The smallest absolute Gasteiger partial charge is 0.280 e. The third-order valence-electron chi connectivity index (χ3n) is 5.15. The van der Waals surface area contributed by atoms with Gasteiger partial charge in [-0.1, -0.05) is 17.3 Å². The topological polar surface area (TPSA) is 95.1 Å². The van der Waals surface area contributed by atoms with Crippen molar-refractivity contribution in [2.45, 2.75) is 34.3 Å². The number of nitrogens with one attached hydrogen (secondary N) is 1. The van der Waals surface area contributed by atoms with E-state index in [4.69, 9.17) is 9.26 Å². The summed E-state index contributed by atoms with van der Waals surface area (Å²) in [5, 5.41) is 13.4. The van der Waals surface area contributed by atoms with E-state index >= 15 is 0 Å². The molecule has 4 rings (SSSR count). The fourth-order valence-corrected chi connectivity index (χ4v) is 3.82. The highest BCUT2D eigenvalue weighted by Gasteiger charge is 2.22. The highest BCUT2D eigenvalue weighted by molar-refractivity contribution is 7.14. The maximum Gasteiger partial charge on any atom is 0.280 e. The van der Waals surface area contributed by atoms with Crippen molar-refractivity contribution >= 4 is 22.4 Å². The fraction of sp³-hybridized carbons (Fsp3) is 0.273. The molecule has 0 saturated carbocycles. The Kier molecular flexibility index (Phi) is 5.60. The van der Waals surface area contributed by atoms with Crippen molar-refractivity contribution in [1.82, 2.24) is 19.9 Å². The Hall–Kier alpha value is -3.46. The van der Waals surface area contributed by atoms with Gasteiger partial charge in [0.25, 0.3) is 5.91 Å². The number of hydrogen-bond donors (Lipinski definition) is 1. The van der Waals surface area contributed by atoms with Crippen LogP contribution in [0.2, 0.25) is 0 Å². The average Bonchev–Trinajstić information content (AvgIpc) is 3.43. The van der Waals surface area contributed by atoms with Gasteiger partial charge in [0.2, 0.25) is 0 Å². The molecule has 0 unspecified atom stereocenters. The third-order valence-corrected chi connectivity index (χ3v) is 5.91. The molecule has 0 aliphatic carbocycles. The first-order chi connectivity index (χ1) is 14.8. The van der Waals surface area contributed by atoms with E-state index in [0.717, 1.165) is 33.8 Å². The van der Waals surface area contributed by atoms with Crippen molar-refractivity contribution in [2.75, 3.05) is 5.32 Å². The number of carbonyl (C=O) groups is 1. The lowest BCUT2D eigenvalue weighted by Crippen LogP contribution is -2.15. The molecule has 3 aromatic heterocycles. The van der Waals surface area contributed by atoms with E-state index < -0.39 is 0 Å². The first-order valence-corrected chi connectivity index (χ1v) is 10.6. The number of nitrogens with zero attached hydrogens (tertiary/aromatic N) is 4. The highest BCUT2D eigenvalue weighted by atomic mass is 32.1. The van der Waals surface area contributed by atoms with Crippen LogP contribution in [-0.4, -0.2) is 25.8 Å². The molecule has 0 radical (unpaired) electrons. The Morgan fingerprint density at radius 2 is 2.06 bits per heavy atom. The summed E-state index contributed by atoms with van der Waals surface area (Å²) in [6.07, 6.45) is 1.76.